The first-order valence-electron chi connectivity index (χ1n) is 6.49. The van der Waals surface area contributed by atoms with E-state index in [4.69, 9.17) is 37.4 Å². The van der Waals surface area contributed by atoms with E-state index >= 15 is 0 Å². The van der Waals surface area contributed by atoms with Crippen LogP contribution in [0.5, 0.6) is 5.75 Å². The van der Waals surface area contributed by atoms with Gasteiger partial charge in [0.15, 0.2) is 12.0 Å². The number of nitrogens with zero attached hydrogens (tertiary/aromatic N) is 1. The molecular formula is C13H17Cl2NO5. The Morgan fingerprint density at radius 3 is 2.14 bits per heavy atom. The minimum absolute atomic E-state index is 0.0959. The summed E-state index contributed by atoms with van der Waals surface area (Å²) in [6.07, 6.45) is 0.126. The van der Waals surface area contributed by atoms with Crippen molar-refractivity contribution in [1.82, 2.24) is 0 Å². The highest BCUT2D eigenvalue weighted by molar-refractivity contribution is 6.37. The van der Waals surface area contributed by atoms with E-state index in [1.54, 1.807) is 0 Å². The monoisotopic (exact) mass is 337 g/mol. The molecule has 0 heterocycles. The summed E-state index contributed by atoms with van der Waals surface area (Å²) >= 11 is 11.9. The second kappa shape index (κ2) is 9.04. The van der Waals surface area contributed by atoms with E-state index < -0.39 is 4.92 Å². The molecule has 8 heteroatoms. The molecule has 118 valence electrons. The summed E-state index contributed by atoms with van der Waals surface area (Å²) in [4.78, 5) is 10.1. The largest absolute Gasteiger partial charge is 0.490 e. The number of nitro groups is 1. The van der Waals surface area contributed by atoms with Crippen molar-refractivity contribution < 1.29 is 19.1 Å². The van der Waals surface area contributed by atoms with Crippen LogP contribution >= 0.6 is 23.2 Å². The molecule has 0 aliphatic heterocycles. The van der Waals surface area contributed by atoms with Crippen molar-refractivity contribution >= 4 is 28.9 Å². The van der Waals surface area contributed by atoms with E-state index in [2.05, 4.69) is 0 Å². The highest BCUT2D eigenvalue weighted by Gasteiger charge is 2.16. The van der Waals surface area contributed by atoms with Gasteiger partial charge in [0, 0.05) is 31.8 Å². The van der Waals surface area contributed by atoms with Crippen LogP contribution in [0.4, 0.5) is 5.69 Å². The number of ether oxygens (including phenoxy) is 3. The maximum atomic E-state index is 10.7. The van der Waals surface area contributed by atoms with Crippen molar-refractivity contribution in [3.63, 3.8) is 0 Å². The average molecular weight is 338 g/mol. The minimum atomic E-state index is -0.568. The lowest BCUT2D eigenvalue weighted by atomic mass is 10.3. The zero-order chi connectivity index (χ0) is 15.8. The molecule has 6 nitrogen and oxygen atoms in total. The molecule has 1 aromatic carbocycles. The van der Waals surface area contributed by atoms with Gasteiger partial charge in [-0.15, -0.1) is 0 Å². The number of hydrogen-bond donors (Lipinski definition) is 0. The van der Waals surface area contributed by atoms with Gasteiger partial charge in [0.05, 0.1) is 21.6 Å². The Labute approximate surface area is 133 Å². The fourth-order valence-electron chi connectivity index (χ4n) is 1.63. The molecule has 0 amide bonds. The van der Waals surface area contributed by atoms with Gasteiger partial charge >= 0.3 is 0 Å². The summed E-state index contributed by atoms with van der Waals surface area (Å²) in [5.41, 5.74) is -0.182. The van der Waals surface area contributed by atoms with E-state index in [1.807, 2.05) is 13.8 Å². The summed E-state index contributed by atoms with van der Waals surface area (Å²) in [6.45, 7) is 5.07. The molecule has 0 N–H and O–H groups in total. The van der Waals surface area contributed by atoms with Crippen molar-refractivity contribution in [2.75, 3.05) is 19.8 Å². The van der Waals surface area contributed by atoms with E-state index in [1.165, 1.54) is 12.1 Å². The third kappa shape index (κ3) is 5.67. The lowest BCUT2D eigenvalue weighted by Crippen LogP contribution is -2.20. The zero-order valence-electron chi connectivity index (χ0n) is 11.8. The topological polar surface area (TPSA) is 70.8 Å². The highest BCUT2D eigenvalue weighted by atomic mass is 35.5. The van der Waals surface area contributed by atoms with Crippen LogP contribution in [0, 0.1) is 10.1 Å². The van der Waals surface area contributed by atoms with Crippen LogP contribution in [0.1, 0.15) is 20.3 Å². The van der Waals surface area contributed by atoms with Crippen LogP contribution in [-0.4, -0.2) is 31.0 Å². The van der Waals surface area contributed by atoms with Crippen molar-refractivity contribution in [1.29, 1.82) is 0 Å². The summed E-state index contributed by atoms with van der Waals surface area (Å²) in [6, 6.07) is 2.40. The molecule has 0 spiro atoms. The Bertz CT molecular complexity index is 455. The first-order valence-corrected chi connectivity index (χ1v) is 7.24. The number of hydrogen-bond acceptors (Lipinski definition) is 5. The number of non-ortho nitro benzene ring substituents is 1. The van der Waals surface area contributed by atoms with Gasteiger partial charge in [-0.1, -0.05) is 23.2 Å². The van der Waals surface area contributed by atoms with Crippen LogP contribution in [0.2, 0.25) is 10.0 Å². The Kier molecular flexibility index (Phi) is 7.74. The molecule has 1 aromatic rings. The maximum Gasteiger partial charge on any atom is 0.272 e. The normalized spacial score (nSPS) is 10.9. The number of benzene rings is 1. The first-order chi connectivity index (χ1) is 9.99. The Morgan fingerprint density at radius 1 is 1.19 bits per heavy atom. The molecule has 21 heavy (non-hydrogen) atoms. The van der Waals surface area contributed by atoms with Gasteiger partial charge in [-0.05, 0) is 13.8 Å². The molecule has 0 fully saturated rings. The molecule has 0 saturated carbocycles. The lowest BCUT2D eigenvalue weighted by molar-refractivity contribution is -0.384. The van der Waals surface area contributed by atoms with Crippen molar-refractivity contribution in [3.05, 3.63) is 32.3 Å². The Morgan fingerprint density at radius 2 is 1.71 bits per heavy atom. The smallest absolute Gasteiger partial charge is 0.272 e. The third-order valence-corrected chi connectivity index (χ3v) is 3.06. The first kappa shape index (κ1) is 18.0. The summed E-state index contributed by atoms with van der Waals surface area (Å²) in [5, 5.41) is 10.9. The van der Waals surface area contributed by atoms with Crippen LogP contribution in [0.25, 0.3) is 0 Å². The Balaban J connectivity index is 2.65. The van der Waals surface area contributed by atoms with Gasteiger partial charge in [-0.2, -0.15) is 0 Å². The van der Waals surface area contributed by atoms with Gasteiger partial charge in [0.25, 0.3) is 5.69 Å². The van der Waals surface area contributed by atoms with Crippen LogP contribution < -0.4 is 4.74 Å². The standard InChI is InChI=1S/C13H17Cl2NO5/c1-3-19-12(20-4-2)5-6-21-13-10(14)7-9(16(17)18)8-11(13)15/h7-8,12H,3-6H2,1-2H3. The summed E-state index contributed by atoms with van der Waals surface area (Å²) in [5.74, 6) is 0.218. The molecule has 0 unspecified atom stereocenters. The number of rotatable bonds is 9. The van der Waals surface area contributed by atoms with Gasteiger partial charge in [0.1, 0.15) is 0 Å². The van der Waals surface area contributed by atoms with Crippen LogP contribution in [0.3, 0.4) is 0 Å². The summed E-state index contributed by atoms with van der Waals surface area (Å²) < 4.78 is 16.2. The second-order valence-corrected chi connectivity index (χ2v) is 4.79. The van der Waals surface area contributed by atoms with Gasteiger partial charge in [0.2, 0.25) is 0 Å². The molecule has 0 bridgehead atoms. The summed E-state index contributed by atoms with van der Waals surface area (Å²) in [7, 11) is 0. The fraction of sp³-hybridized carbons (Fsp3) is 0.538. The van der Waals surface area contributed by atoms with Crippen molar-refractivity contribution in [2.45, 2.75) is 26.6 Å². The quantitative estimate of drug-likeness (QED) is 0.386. The molecular weight excluding hydrogens is 321 g/mol. The minimum Gasteiger partial charge on any atom is -0.490 e. The SMILES string of the molecule is CCOC(CCOc1c(Cl)cc([N+](=O)[O-])cc1Cl)OCC. The van der Waals surface area contributed by atoms with Gasteiger partial charge in [-0.25, -0.2) is 0 Å². The predicted molar refractivity (Wildman–Crippen MR) is 80.3 cm³/mol. The molecule has 0 radical (unpaired) electrons. The average Bonchev–Trinajstić information content (AvgIpc) is 2.41. The number of nitro benzene ring substituents is 1. The molecule has 0 aliphatic carbocycles. The van der Waals surface area contributed by atoms with E-state index in [0.717, 1.165) is 0 Å². The predicted octanol–water partition coefficient (Wildman–Crippen LogP) is 4.07. The second-order valence-electron chi connectivity index (χ2n) is 3.97. The van der Waals surface area contributed by atoms with Gasteiger partial charge in [-0.3, -0.25) is 10.1 Å². The van der Waals surface area contributed by atoms with Crippen molar-refractivity contribution in [2.24, 2.45) is 0 Å². The van der Waals surface area contributed by atoms with Crippen LogP contribution in [-0.2, 0) is 9.47 Å². The fourth-order valence-corrected chi connectivity index (χ4v) is 2.22. The Hall–Kier alpha value is -1.08. The van der Waals surface area contributed by atoms with E-state index in [-0.39, 0.29) is 34.4 Å². The van der Waals surface area contributed by atoms with Crippen LogP contribution in [0.15, 0.2) is 12.1 Å². The number of halogens is 2. The highest BCUT2D eigenvalue weighted by Crippen LogP contribution is 2.36. The molecule has 1 rings (SSSR count). The third-order valence-electron chi connectivity index (χ3n) is 2.50. The van der Waals surface area contributed by atoms with E-state index in [0.29, 0.717) is 19.6 Å². The molecule has 0 aliphatic rings. The molecule has 0 atom stereocenters. The van der Waals surface area contributed by atoms with Crippen molar-refractivity contribution in [3.8, 4) is 5.75 Å². The lowest BCUT2D eigenvalue weighted by Gasteiger charge is -2.17. The molecule has 0 saturated heterocycles. The molecule has 0 aromatic heterocycles. The zero-order valence-corrected chi connectivity index (χ0v) is 13.3. The maximum absolute atomic E-state index is 10.7. The van der Waals surface area contributed by atoms with Gasteiger partial charge < -0.3 is 14.2 Å². The van der Waals surface area contributed by atoms with E-state index in [9.17, 15) is 10.1 Å².